The van der Waals surface area contributed by atoms with Crippen LogP contribution < -0.4 is 10.0 Å². The summed E-state index contributed by atoms with van der Waals surface area (Å²) in [6, 6.07) is 10.7. The highest BCUT2D eigenvalue weighted by atomic mass is 32.2. The summed E-state index contributed by atoms with van der Waals surface area (Å²) in [5.41, 5.74) is 1.44. The van der Waals surface area contributed by atoms with Crippen LogP contribution >= 0.6 is 0 Å². The van der Waals surface area contributed by atoms with E-state index >= 15 is 0 Å². The van der Waals surface area contributed by atoms with E-state index in [9.17, 15) is 21.6 Å². The highest BCUT2D eigenvalue weighted by molar-refractivity contribution is 7.88. The third kappa shape index (κ3) is 9.14. The van der Waals surface area contributed by atoms with E-state index in [1.54, 1.807) is 0 Å². The monoisotopic (exact) mass is 466 g/mol. The van der Waals surface area contributed by atoms with Crippen molar-refractivity contribution < 1.29 is 36.2 Å². The molecule has 0 aromatic heterocycles. The first-order valence-corrected chi connectivity index (χ1v) is 12.0. The number of carboxylic acids is 1. The smallest absolute Gasteiger partial charge is 0.475 e. The topological polar surface area (TPSA) is 105 Å². The summed E-state index contributed by atoms with van der Waals surface area (Å²) in [4.78, 5) is 8.90. The van der Waals surface area contributed by atoms with Gasteiger partial charge in [0, 0.05) is 12.1 Å². The van der Waals surface area contributed by atoms with E-state index in [0.717, 1.165) is 38.6 Å². The summed E-state index contributed by atoms with van der Waals surface area (Å²) >= 11 is 0. The van der Waals surface area contributed by atoms with Gasteiger partial charge in [0.2, 0.25) is 10.0 Å². The molecule has 2 aliphatic rings. The zero-order valence-electron chi connectivity index (χ0n) is 17.3. The van der Waals surface area contributed by atoms with Crippen molar-refractivity contribution >= 4 is 16.0 Å². The number of halogens is 3. The van der Waals surface area contributed by atoms with E-state index in [2.05, 4.69) is 40.4 Å². The minimum Gasteiger partial charge on any atom is -0.475 e. The molecule has 0 unspecified atom stereocenters. The first-order valence-electron chi connectivity index (χ1n) is 10.1. The molecule has 1 saturated heterocycles. The molecule has 0 spiro atoms. The van der Waals surface area contributed by atoms with Gasteiger partial charge in [-0.2, -0.15) is 13.2 Å². The number of alkyl halides is 3. The maximum Gasteiger partial charge on any atom is 0.490 e. The lowest BCUT2D eigenvalue weighted by atomic mass is 9.83. The van der Waals surface area contributed by atoms with Crippen LogP contribution in [0.25, 0.3) is 0 Å². The molecular weight excluding hydrogens is 437 g/mol. The van der Waals surface area contributed by atoms with Gasteiger partial charge >= 0.3 is 12.1 Å². The number of carbonyl (C=O) groups is 1. The van der Waals surface area contributed by atoms with Gasteiger partial charge in [0.15, 0.2) is 0 Å². The standard InChI is InChI=1S/C18H28N2O3S.C2HF3O2/c1-24(21,22)20-17-11-12-19-18(17)13-23-16-9-7-15(8-10-16)14-5-3-2-4-6-14;3-2(4,5)1(6)7/h2-6,15-20H,7-13H2,1H3;(H,6,7)/t15-,16+,17-,18-;/m0./s1. The van der Waals surface area contributed by atoms with Gasteiger partial charge < -0.3 is 15.2 Å². The van der Waals surface area contributed by atoms with Crippen LogP contribution in [0.5, 0.6) is 0 Å². The quantitative estimate of drug-likeness (QED) is 0.596. The van der Waals surface area contributed by atoms with E-state index in [1.165, 1.54) is 11.8 Å². The van der Waals surface area contributed by atoms with Crippen molar-refractivity contribution in [3.05, 3.63) is 35.9 Å². The third-order valence-corrected chi connectivity index (χ3v) is 6.14. The zero-order valence-corrected chi connectivity index (χ0v) is 18.1. The molecule has 2 atom stereocenters. The molecule has 3 N–H and O–H groups in total. The second-order valence-electron chi connectivity index (χ2n) is 7.87. The summed E-state index contributed by atoms with van der Waals surface area (Å²) in [5, 5.41) is 10.5. The maximum atomic E-state index is 11.4. The van der Waals surface area contributed by atoms with Crippen LogP contribution in [0.1, 0.15) is 43.6 Å². The number of hydrogen-bond acceptors (Lipinski definition) is 5. The summed E-state index contributed by atoms with van der Waals surface area (Å²) in [7, 11) is -3.17. The molecule has 7 nitrogen and oxygen atoms in total. The molecule has 1 aromatic carbocycles. The van der Waals surface area contributed by atoms with Crippen LogP contribution in [0.15, 0.2) is 30.3 Å². The highest BCUT2D eigenvalue weighted by Gasteiger charge is 2.38. The maximum absolute atomic E-state index is 11.4. The molecule has 11 heteroatoms. The first-order chi connectivity index (χ1) is 14.5. The summed E-state index contributed by atoms with van der Waals surface area (Å²) in [6.45, 7) is 1.41. The van der Waals surface area contributed by atoms with Crippen molar-refractivity contribution in [2.45, 2.75) is 62.4 Å². The Morgan fingerprint density at radius 2 is 1.74 bits per heavy atom. The minimum atomic E-state index is -5.08. The SMILES string of the molecule is CS(=O)(=O)N[C@H]1CCN[C@H]1CO[C@H]1CC[C@@H](c2ccccc2)CC1.O=C(O)C(F)(F)F. The number of nitrogens with one attached hydrogen (secondary N) is 2. The molecule has 1 aliphatic carbocycles. The third-order valence-electron chi connectivity index (χ3n) is 5.41. The van der Waals surface area contributed by atoms with Crippen LogP contribution in [-0.4, -0.2) is 63.3 Å². The van der Waals surface area contributed by atoms with Crippen molar-refractivity contribution in [3.8, 4) is 0 Å². The Morgan fingerprint density at radius 1 is 1.16 bits per heavy atom. The van der Waals surface area contributed by atoms with Crippen LogP contribution in [0, 0.1) is 0 Å². The molecule has 1 aromatic rings. The molecule has 2 fully saturated rings. The van der Waals surface area contributed by atoms with E-state index in [4.69, 9.17) is 14.6 Å². The Morgan fingerprint density at radius 3 is 2.26 bits per heavy atom. The van der Waals surface area contributed by atoms with E-state index < -0.39 is 22.2 Å². The second-order valence-corrected chi connectivity index (χ2v) is 9.65. The van der Waals surface area contributed by atoms with Gasteiger partial charge in [-0.25, -0.2) is 17.9 Å². The van der Waals surface area contributed by atoms with E-state index in [-0.39, 0.29) is 12.1 Å². The molecular formula is C20H29F3N2O5S. The van der Waals surface area contributed by atoms with E-state index in [0.29, 0.717) is 18.6 Å². The molecule has 0 bridgehead atoms. The second kappa shape index (κ2) is 11.3. The van der Waals surface area contributed by atoms with Crippen LogP contribution in [0.4, 0.5) is 13.2 Å². The van der Waals surface area contributed by atoms with Crippen molar-refractivity contribution in [1.82, 2.24) is 10.0 Å². The molecule has 3 rings (SSSR count). The molecule has 31 heavy (non-hydrogen) atoms. The van der Waals surface area contributed by atoms with Gasteiger partial charge in [-0.3, -0.25) is 0 Å². The fourth-order valence-corrected chi connectivity index (χ4v) is 4.72. The molecule has 176 valence electrons. The number of aliphatic carboxylic acids is 1. The predicted octanol–water partition coefficient (Wildman–Crippen LogP) is 2.64. The van der Waals surface area contributed by atoms with Gasteiger partial charge in [-0.05, 0) is 50.1 Å². The molecule has 0 radical (unpaired) electrons. The van der Waals surface area contributed by atoms with Crippen LogP contribution in [0.3, 0.4) is 0 Å². The van der Waals surface area contributed by atoms with Gasteiger partial charge in [-0.15, -0.1) is 0 Å². The molecule has 1 aliphatic heterocycles. The Bertz CT molecular complexity index is 797. The lowest BCUT2D eigenvalue weighted by Gasteiger charge is -2.30. The average Bonchev–Trinajstić information content (AvgIpc) is 3.12. The van der Waals surface area contributed by atoms with Crippen molar-refractivity contribution in [2.24, 2.45) is 0 Å². The minimum absolute atomic E-state index is 0.0549. The number of rotatable bonds is 6. The lowest BCUT2D eigenvalue weighted by Crippen LogP contribution is -2.46. The van der Waals surface area contributed by atoms with Gasteiger partial charge in [-0.1, -0.05) is 30.3 Å². The van der Waals surface area contributed by atoms with Gasteiger partial charge in [0.1, 0.15) is 0 Å². The number of benzene rings is 1. The predicted molar refractivity (Wildman–Crippen MR) is 109 cm³/mol. The summed E-state index contributed by atoms with van der Waals surface area (Å²) in [6.07, 6.45) is 1.74. The normalized spacial score (nSPS) is 26.7. The van der Waals surface area contributed by atoms with Gasteiger partial charge in [0.05, 0.1) is 19.0 Å². The van der Waals surface area contributed by atoms with Crippen LogP contribution in [0.2, 0.25) is 0 Å². The van der Waals surface area contributed by atoms with E-state index in [1.807, 2.05) is 0 Å². The number of hydrogen-bond donors (Lipinski definition) is 3. The first kappa shape index (κ1) is 25.6. The number of carboxylic acid groups (broad SMARTS) is 1. The largest absolute Gasteiger partial charge is 0.490 e. The Hall–Kier alpha value is -1.69. The highest BCUT2D eigenvalue weighted by Crippen LogP contribution is 2.34. The van der Waals surface area contributed by atoms with Crippen LogP contribution in [-0.2, 0) is 19.6 Å². The Balaban J connectivity index is 0.000000423. The molecule has 1 saturated carbocycles. The molecule has 0 amide bonds. The van der Waals surface area contributed by atoms with Crippen molar-refractivity contribution in [1.29, 1.82) is 0 Å². The fourth-order valence-electron chi connectivity index (χ4n) is 3.89. The van der Waals surface area contributed by atoms with Gasteiger partial charge in [0.25, 0.3) is 0 Å². The summed E-state index contributed by atoms with van der Waals surface area (Å²) < 4.78 is 63.4. The van der Waals surface area contributed by atoms with Crippen molar-refractivity contribution in [3.63, 3.8) is 0 Å². The number of ether oxygens (including phenoxy) is 1. The fraction of sp³-hybridized carbons (Fsp3) is 0.650. The Kier molecular flexibility index (Phi) is 9.28. The Labute approximate surface area is 180 Å². The molecule has 1 heterocycles. The number of sulfonamides is 1. The summed E-state index contributed by atoms with van der Waals surface area (Å²) in [5.74, 6) is -2.11. The average molecular weight is 467 g/mol. The lowest BCUT2D eigenvalue weighted by molar-refractivity contribution is -0.192. The zero-order chi connectivity index (χ0) is 23.1. The van der Waals surface area contributed by atoms with Crippen molar-refractivity contribution in [2.75, 3.05) is 19.4 Å².